The normalized spacial score (nSPS) is 10.6. The molecule has 16 heavy (non-hydrogen) atoms. The predicted molar refractivity (Wildman–Crippen MR) is 63.5 cm³/mol. The second-order valence-corrected chi connectivity index (χ2v) is 4.32. The zero-order chi connectivity index (χ0) is 11.4. The van der Waals surface area contributed by atoms with Gasteiger partial charge >= 0.3 is 0 Å². The minimum Gasteiger partial charge on any atom is -0.396 e. The molecule has 0 bridgehead atoms. The van der Waals surface area contributed by atoms with Gasteiger partial charge in [-0.15, -0.1) is 11.3 Å². The molecule has 0 aliphatic rings. The quantitative estimate of drug-likeness (QED) is 0.801. The molecule has 0 fully saturated rings. The molecule has 1 heterocycles. The number of nitrogens with two attached hydrogens (primary N) is 1. The van der Waals surface area contributed by atoms with Crippen molar-refractivity contribution < 1.29 is 4.39 Å². The molecular weight excluding hydrogens is 225 g/mol. The fourth-order valence-corrected chi connectivity index (χ4v) is 1.97. The van der Waals surface area contributed by atoms with Crippen molar-refractivity contribution in [3.63, 3.8) is 0 Å². The molecule has 84 valence electrons. The summed E-state index contributed by atoms with van der Waals surface area (Å²) < 4.78 is 13.1. The first-order valence-electron chi connectivity index (χ1n) is 4.89. The van der Waals surface area contributed by atoms with E-state index in [1.54, 1.807) is 23.6 Å². The third kappa shape index (κ3) is 2.56. The Kier molecular flexibility index (Phi) is 3.48. The lowest BCUT2D eigenvalue weighted by Crippen LogP contribution is -2.14. The van der Waals surface area contributed by atoms with Gasteiger partial charge in [0.2, 0.25) is 0 Å². The van der Waals surface area contributed by atoms with Crippen LogP contribution in [-0.2, 0) is 13.1 Å². The number of hydrogen-bond acceptors (Lipinski definition) is 4. The SMILES string of the molecule is Nc1c(F)cccc1CNCc1nccs1. The number of nitrogen functional groups attached to an aromatic ring is 1. The molecule has 2 aromatic rings. The van der Waals surface area contributed by atoms with Crippen molar-refractivity contribution in [2.24, 2.45) is 0 Å². The number of rotatable bonds is 4. The smallest absolute Gasteiger partial charge is 0.146 e. The van der Waals surface area contributed by atoms with E-state index in [2.05, 4.69) is 10.3 Å². The summed E-state index contributed by atoms with van der Waals surface area (Å²) in [6.45, 7) is 1.22. The Morgan fingerprint density at radius 3 is 3.00 bits per heavy atom. The molecular formula is C11H12FN3S. The summed E-state index contributed by atoms with van der Waals surface area (Å²) in [5.74, 6) is -0.367. The first kappa shape index (κ1) is 11.0. The van der Waals surface area contributed by atoms with E-state index in [1.807, 2.05) is 11.4 Å². The van der Waals surface area contributed by atoms with Crippen LogP contribution >= 0.6 is 11.3 Å². The molecule has 0 amide bonds. The monoisotopic (exact) mass is 237 g/mol. The Hall–Kier alpha value is -1.46. The molecule has 0 aliphatic carbocycles. The number of nitrogens with zero attached hydrogens (tertiary/aromatic N) is 1. The van der Waals surface area contributed by atoms with Crippen molar-refractivity contribution in [2.45, 2.75) is 13.1 Å². The van der Waals surface area contributed by atoms with Crippen LogP contribution in [0.25, 0.3) is 0 Å². The Morgan fingerprint density at radius 2 is 2.25 bits per heavy atom. The lowest BCUT2D eigenvalue weighted by molar-refractivity contribution is 0.625. The van der Waals surface area contributed by atoms with Crippen LogP contribution in [0, 0.1) is 5.82 Å². The van der Waals surface area contributed by atoms with Gasteiger partial charge in [-0.2, -0.15) is 0 Å². The fraction of sp³-hybridized carbons (Fsp3) is 0.182. The Labute approximate surface area is 97.1 Å². The van der Waals surface area contributed by atoms with E-state index in [-0.39, 0.29) is 11.5 Å². The highest BCUT2D eigenvalue weighted by molar-refractivity contribution is 7.09. The molecule has 2 rings (SSSR count). The van der Waals surface area contributed by atoms with E-state index in [0.29, 0.717) is 13.1 Å². The molecule has 0 atom stereocenters. The summed E-state index contributed by atoms with van der Waals surface area (Å²) in [5, 5.41) is 6.11. The van der Waals surface area contributed by atoms with Crippen molar-refractivity contribution >= 4 is 17.0 Å². The van der Waals surface area contributed by atoms with Crippen LogP contribution in [0.1, 0.15) is 10.6 Å². The molecule has 0 saturated carbocycles. The van der Waals surface area contributed by atoms with Gasteiger partial charge < -0.3 is 11.1 Å². The van der Waals surface area contributed by atoms with E-state index in [4.69, 9.17) is 5.73 Å². The van der Waals surface area contributed by atoms with E-state index in [0.717, 1.165) is 10.6 Å². The summed E-state index contributed by atoms with van der Waals surface area (Å²) in [5.41, 5.74) is 6.61. The van der Waals surface area contributed by atoms with Crippen LogP contribution in [0.15, 0.2) is 29.8 Å². The lowest BCUT2D eigenvalue weighted by atomic mass is 10.2. The van der Waals surface area contributed by atoms with Gasteiger partial charge in [-0.05, 0) is 11.6 Å². The molecule has 0 aliphatic heterocycles. The van der Waals surface area contributed by atoms with Crippen molar-refractivity contribution in [3.8, 4) is 0 Å². The lowest BCUT2D eigenvalue weighted by Gasteiger charge is -2.06. The Bertz CT molecular complexity index is 456. The highest BCUT2D eigenvalue weighted by Crippen LogP contribution is 2.15. The molecule has 1 aromatic heterocycles. The molecule has 5 heteroatoms. The van der Waals surface area contributed by atoms with Crippen LogP contribution in [0.5, 0.6) is 0 Å². The molecule has 1 aromatic carbocycles. The average molecular weight is 237 g/mol. The zero-order valence-corrected chi connectivity index (χ0v) is 9.43. The number of hydrogen-bond donors (Lipinski definition) is 2. The number of anilines is 1. The Balaban J connectivity index is 1.92. The van der Waals surface area contributed by atoms with Gasteiger partial charge in [0.25, 0.3) is 0 Å². The fourth-order valence-electron chi connectivity index (χ4n) is 1.38. The predicted octanol–water partition coefficient (Wildman–Crippen LogP) is 2.15. The van der Waals surface area contributed by atoms with Crippen molar-refractivity contribution in [1.82, 2.24) is 10.3 Å². The third-order valence-corrected chi connectivity index (χ3v) is 3.00. The van der Waals surface area contributed by atoms with Crippen molar-refractivity contribution in [1.29, 1.82) is 0 Å². The van der Waals surface area contributed by atoms with Crippen LogP contribution in [-0.4, -0.2) is 4.98 Å². The number of halogens is 1. The van der Waals surface area contributed by atoms with Gasteiger partial charge in [0.05, 0.1) is 5.69 Å². The summed E-state index contributed by atoms with van der Waals surface area (Å²) in [7, 11) is 0. The summed E-state index contributed by atoms with van der Waals surface area (Å²) in [6, 6.07) is 4.83. The number of benzene rings is 1. The second-order valence-electron chi connectivity index (χ2n) is 3.34. The maximum absolute atomic E-state index is 13.1. The van der Waals surface area contributed by atoms with E-state index < -0.39 is 0 Å². The van der Waals surface area contributed by atoms with E-state index in [9.17, 15) is 4.39 Å². The molecule has 3 N–H and O–H groups in total. The minimum atomic E-state index is -0.367. The molecule has 3 nitrogen and oxygen atoms in total. The molecule has 0 saturated heterocycles. The highest BCUT2D eigenvalue weighted by atomic mass is 32.1. The number of nitrogens with one attached hydrogen (secondary N) is 1. The van der Waals surface area contributed by atoms with Gasteiger partial charge in [-0.25, -0.2) is 9.37 Å². The Morgan fingerprint density at radius 1 is 1.38 bits per heavy atom. The van der Waals surface area contributed by atoms with E-state index >= 15 is 0 Å². The van der Waals surface area contributed by atoms with Gasteiger partial charge in [0.15, 0.2) is 0 Å². The number of aromatic nitrogens is 1. The van der Waals surface area contributed by atoms with Crippen LogP contribution in [0.2, 0.25) is 0 Å². The van der Waals surface area contributed by atoms with Gasteiger partial charge in [-0.3, -0.25) is 0 Å². The minimum absolute atomic E-state index is 0.217. The second kappa shape index (κ2) is 5.05. The standard InChI is InChI=1S/C11H12FN3S/c12-9-3-1-2-8(11(9)13)6-14-7-10-15-4-5-16-10/h1-5,14H,6-7,13H2. The summed E-state index contributed by atoms with van der Waals surface area (Å²) in [6.07, 6.45) is 1.76. The summed E-state index contributed by atoms with van der Waals surface area (Å²) in [4.78, 5) is 4.14. The van der Waals surface area contributed by atoms with Crippen LogP contribution < -0.4 is 11.1 Å². The molecule has 0 spiro atoms. The first-order valence-corrected chi connectivity index (χ1v) is 5.77. The molecule has 0 unspecified atom stereocenters. The first-order chi connectivity index (χ1) is 7.77. The van der Waals surface area contributed by atoms with E-state index in [1.165, 1.54) is 6.07 Å². The van der Waals surface area contributed by atoms with Gasteiger partial charge in [0, 0.05) is 24.7 Å². The van der Waals surface area contributed by atoms with Crippen LogP contribution in [0.3, 0.4) is 0 Å². The largest absolute Gasteiger partial charge is 0.396 e. The van der Waals surface area contributed by atoms with Gasteiger partial charge in [0.1, 0.15) is 10.8 Å². The maximum atomic E-state index is 13.1. The average Bonchev–Trinajstić information content (AvgIpc) is 2.77. The topological polar surface area (TPSA) is 50.9 Å². The molecule has 0 radical (unpaired) electrons. The number of thiazole rings is 1. The van der Waals surface area contributed by atoms with Gasteiger partial charge in [-0.1, -0.05) is 12.1 Å². The third-order valence-electron chi connectivity index (χ3n) is 2.22. The van der Waals surface area contributed by atoms with Crippen molar-refractivity contribution in [2.75, 3.05) is 5.73 Å². The summed E-state index contributed by atoms with van der Waals surface area (Å²) >= 11 is 1.59. The number of para-hydroxylation sites is 1. The van der Waals surface area contributed by atoms with Crippen molar-refractivity contribution in [3.05, 3.63) is 46.2 Å². The highest BCUT2D eigenvalue weighted by Gasteiger charge is 2.03. The zero-order valence-electron chi connectivity index (χ0n) is 8.61. The van der Waals surface area contributed by atoms with Crippen LogP contribution in [0.4, 0.5) is 10.1 Å². The maximum Gasteiger partial charge on any atom is 0.146 e.